The van der Waals surface area contributed by atoms with E-state index in [0.29, 0.717) is 0 Å². The molecule has 0 unspecified atom stereocenters. The summed E-state index contributed by atoms with van der Waals surface area (Å²) < 4.78 is 0. The van der Waals surface area contributed by atoms with Crippen molar-refractivity contribution in [3.05, 3.63) is 35.4 Å². The molecular formula is C11H18BN. The SMILES string of the molecule is BC(C)(C)NCc1ccccc1C. The Balaban J connectivity index is 2.60. The molecule has 1 N–H and O–H groups in total. The smallest absolute Gasteiger partial charge is 0.126 e. The number of nitrogens with one attached hydrogen (secondary N) is 1. The second-order valence-corrected chi connectivity index (χ2v) is 4.53. The van der Waals surface area contributed by atoms with Crippen molar-refractivity contribution in [2.45, 2.75) is 32.8 Å². The molecule has 70 valence electrons. The highest BCUT2D eigenvalue weighted by Gasteiger charge is 2.08. The summed E-state index contributed by atoms with van der Waals surface area (Å²) in [5, 5.41) is 3.48. The topological polar surface area (TPSA) is 12.0 Å². The predicted octanol–water partition coefficient (Wildman–Crippen LogP) is 1.45. The molecule has 1 aromatic rings. The molecule has 0 aromatic heterocycles. The maximum Gasteiger partial charge on any atom is 0.126 e. The van der Waals surface area contributed by atoms with Crippen LogP contribution in [0.3, 0.4) is 0 Å². The molecule has 0 atom stereocenters. The molecule has 0 aliphatic heterocycles. The van der Waals surface area contributed by atoms with Crippen molar-refractivity contribution in [1.29, 1.82) is 0 Å². The van der Waals surface area contributed by atoms with Crippen LogP contribution in [0, 0.1) is 6.92 Å². The third kappa shape index (κ3) is 3.64. The van der Waals surface area contributed by atoms with Crippen molar-refractivity contribution in [3.8, 4) is 0 Å². The number of benzene rings is 1. The summed E-state index contributed by atoms with van der Waals surface area (Å²) >= 11 is 0. The normalized spacial score (nSPS) is 11.6. The van der Waals surface area contributed by atoms with Gasteiger partial charge in [-0.2, -0.15) is 0 Å². The van der Waals surface area contributed by atoms with Gasteiger partial charge in [0.25, 0.3) is 0 Å². The summed E-state index contributed by atoms with van der Waals surface area (Å²) in [6.07, 6.45) is 0. The minimum Gasteiger partial charge on any atom is -0.315 e. The predicted molar refractivity (Wildman–Crippen MR) is 60.6 cm³/mol. The van der Waals surface area contributed by atoms with E-state index in [4.69, 9.17) is 0 Å². The second-order valence-electron chi connectivity index (χ2n) is 4.53. The van der Waals surface area contributed by atoms with Gasteiger partial charge in [-0.1, -0.05) is 38.1 Å². The molecule has 1 nitrogen and oxygen atoms in total. The first-order valence-electron chi connectivity index (χ1n) is 4.78. The highest BCUT2D eigenvalue weighted by molar-refractivity contribution is 6.14. The van der Waals surface area contributed by atoms with Crippen LogP contribution in [0.1, 0.15) is 25.0 Å². The highest BCUT2D eigenvalue weighted by Crippen LogP contribution is 2.07. The molecule has 0 heterocycles. The van der Waals surface area contributed by atoms with Crippen LogP contribution in [-0.4, -0.2) is 13.3 Å². The Labute approximate surface area is 82.0 Å². The average Bonchev–Trinajstić information content (AvgIpc) is 2.01. The fourth-order valence-electron chi connectivity index (χ4n) is 1.17. The molecule has 2 heteroatoms. The van der Waals surface area contributed by atoms with E-state index in [1.54, 1.807) is 0 Å². The summed E-state index contributed by atoms with van der Waals surface area (Å²) in [5.74, 6) is 0. The Morgan fingerprint density at radius 1 is 1.31 bits per heavy atom. The average molecular weight is 175 g/mol. The van der Waals surface area contributed by atoms with Gasteiger partial charge < -0.3 is 5.32 Å². The van der Waals surface area contributed by atoms with Crippen LogP contribution in [0.2, 0.25) is 0 Å². The Morgan fingerprint density at radius 2 is 1.92 bits per heavy atom. The van der Waals surface area contributed by atoms with E-state index in [0.717, 1.165) is 6.54 Å². The molecule has 1 aromatic carbocycles. The summed E-state index contributed by atoms with van der Waals surface area (Å²) in [7, 11) is 2.19. The van der Waals surface area contributed by atoms with Crippen molar-refractivity contribution in [2.24, 2.45) is 0 Å². The van der Waals surface area contributed by atoms with Crippen LogP contribution >= 0.6 is 0 Å². The molecule has 0 saturated carbocycles. The Morgan fingerprint density at radius 3 is 2.46 bits per heavy atom. The van der Waals surface area contributed by atoms with Gasteiger partial charge in [0.05, 0.1) is 0 Å². The van der Waals surface area contributed by atoms with Crippen molar-refractivity contribution < 1.29 is 0 Å². The van der Waals surface area contributed by atoms with Crippen LogP contribution in [0.15, 0.2) is 24.3 Å². The molecule has 0 fully saturated rings. The molecule has 13 heavy (non-hydrogen) atoms. The van der Waals surface area contributed by atoms with Gasteiger partial charge in [0.1, 0.15) is 7.85 Å². The summed E-state index contributed by atoms with van der Waals surface area (Å²) in [6.45, 7) is 7.48. The highest BCUT2D eigenvalue weighted by atomic mass is 14.9. The Bertz CT molecular complexity index is 276. The minimum atomic E-state index is 0.197. The van der Waals surface area contributed by atoms with Crippen molar-refractivity contribution >= 4 is 7.85 Å². The van der Waals surface area contributed by atoms with Gasteiger partial charge in [-0.05, 0) is 23.5 Å². The lowest BCUT2D eigenvalue weighted by Gasteiger charge is -2.21. The lowest BCUT2D eigenvalue weighted by atomic mass is 9.81. The standard InChI is InChI=1S/C11H18BN/c1-9-6-4-5-7-10(9)8-13-11(2,3)12/h4-7,13H,8,12H2,1-3H3. The fraction of sp³-hybridized carbons (Fsp3) is 0.455. The number of aryl methyl sites for hydroxylation is 1. The van der Waals surface area contributed by atoms with Crippen LogP contribution in [0.4, 0.5) is 0 Å². The van der Waals surface area contributed by atoms with E-state index < -0.39 is 0 Å². The van der Waals surface area contributed by atoms with Crippen molar-refractivity contribution in [2.75, 3.05) is 0 Å². The molecule has 0 saturated heterocycles. The number of hydrogen-bond acceptors (Lipinski definition) is 1. The Kier molecular flexibility index (Phi) is 3.15. The third-order valence-electron chi connectivity index (χ3n) is 2.07. The number of hydrogen-bond donors (Lipinski definition) is 1. The molecule has 1 rings (SSSR count). The van der Waals surface area contributed by atoms with E-state index in [1.165, 1.54) is 11.1 Å². The first-order chi connectivity index (χ1) is 5.99. The van der Waals surface area contributed by atoms with E-state index >= 15 is 0 Å². The minimum absolute atomic E-state index is 0.197. The molecular weight excluding hydrogens is 157 g/mol. The third-order valence-corrected chi connectivity index (χ3v) is 2.07. The lowest BCUT2D eigenvalue weighted by Crippen LogP contribution is -2.39. The largest absolute Gasteiger partial charge is 0.315 e. The van der Waals surface area contributed by atoms with Crippen molar-refractivity contribution in [1.82, 2.24) is 5.32 Å². The van der Waals surface area contributed by atoms with Gasteiger partial charge in [-0.15, -0.1) is 0 Å². The maximum absolute atomic E-state index is 3.48. The van der Waals surface area contributed by atoms with Gasteiger partial charge in [-0.3, -0.25) is 0 Å². The summed E-state index contributed by atoms with van der Waals surface area (Å²) in [4.78, 5) is 0. The number of rotatable bonds is 3. The second kappa shape index (κ2) is 3.97. The van der Waals surface area contributed by atoms with E-state index in [-0.39, 0.29) is 5.44 Å². The molecule has 0 spiro atoms. The molecule has 0 radical (unpaired) electrons. The summed E-state index contributed by atoms with van der Waals surface area (Å²) in [6, 6.07) is 8.50. The first-order valence-corrected chi connectivity index (χ1v) is 4.78. The van der Waals surface area contributed by atoms with Crippen LogP contribution in [-0.2, 0) is 6.54 Å². The maximum atomic E-state index is 3.48. The molecule has 0 aliphatic carbocycles. The monoisotopic (exact) mass is 175 g/mol. The first kappa shape index (κ1) is 10.3. The summed E-state index contributed by atoms with van der Waals surface area (Å²) in [5.41, 5.74) is 2.94. The quantitative estimate of drug-likeness (QED) is 0.685. The zero-order valence-electron chi connectivity index (χ0n) is 9.02. The fourth-order valence-corrected chi connectivity index (χ4v) is 1.17. The van der Waals surface area contributed by atoms with E-state index in [2.05, 4.69) is 58.2 Å². The van der Waals surface area contributed by atoms with Crippen LogP contribution < -0.4 is 5.32 Å². The van der Waals surface area contributed by atoms with Gasteiger partial charge in [0.2, 0.25) is 0 Å². The lowest BCUT2D eigenvalue weighted by molar-refractivity contribution is 0.528. The zero-order chi connectivity index (χ0) is 9.90. The van der Waals surface area contributed by atoms with Crippen LogP contribution in [0.25, 0.3) is 0 Å². The zero-order valence-corrected chi connectivity index (χ0v) is 9.02. The molecule has 0 aliphatic rings. The Hall–Kier alpha value is -0.755. The van der Waals surface area contributed by atoms with Gasteiger partial charge in [0, 0.05) is 6.54 Å². The molecule has 0 bridgehead atoms. The molecule has 0 amide bonds. The van der Waals surface area contributed by atoms with Crippen molar-refractivity contribution in [3.63, 3.8) is 0 Å². The van der Waals surface area contributed by atoms with Gasteiger partial charge in [0.15, 0.2) is 0 Å². The van der Waals surface area contributed by atoms with Gasteiger partial charge >= 0.3 is 0 Å². The van der Waals surface area contributed by atoms with Crippen LogP contribution in [0.5, 0.6) is 0 Å². The van der Waals surface area contributed by atoms with Gasteiger partial charge in [-0.25, -0.2) is 0 Å². The van der Waals surface area contributed by atoms with E-state index in [1.807, 2.05) is 0 Å². The van der Waals surface area contributed by atoms with E-state index in [9.17, 15) is 0 Å².